The van der Waals surface area contributed by atoms with Crippen LogP contribution < -0.4 is 5.73 Å². The molecule has 0 bridgehead atoms. The molecule has 1 fully saturated rings. The third kappa shape index (κ3) is 5.95. The molecule has 0 spiro atoms. The molecular formula is C12H28ClN3O2S. The van der Waals surface area contributed by atoms with Crippen LogP contribution in [0.3, 0.4) is 0 Å². The van der Waals surface area contributed by atoms with E-state index in [-0.39, 0.29) is 29.7 Å². The van der Waals surface area contributed by atoms with Crippen LogP contribution in [0.2, 0.25) is 0 Å². The highest BCUT2D eigenvalue weighted by Gasteiger charge is 2.29. The Morgan fingerprint density at radius 3 is 2.16 bits per heavy atom. The number of piperidine rings is 1. The van der Waals surface area contributed by atoms with Gasteiger partial charge in [-0.05, 0) is 46.7 Å². The molecule has 1 saturated heterocycles. The van der Waals surface area contributed by atoms with Crippen LogP contribution in [0.15, 0.2) is 0 Å². The fourth-order valence-corrected chi connectivity index (χ4v) is 3.52. The first-order chi connectivity index (χ1) is 8.15. The predicted octanol–water partition coefficient (Wildman–Crippen LogP) is 0.891. The zero-order chi connectivity index (χ0) is 14.0. The largest absolute Gasteiger partial charge is 0.324 e. The van der Waals surface area contributed by atoms with E-state index in [4.69, 9.17) is 5.73 Å². The van der Waals surface area contributed by atoms with Crippen LogP contribution in [0.5, 0.6) is 0 Å². The number of halogens is 1. The number of hydrogen-bond donors (Lipinski definition) is 1. The average Bonchev–Trinajstić information content (AvgIpc) is 2.27. The van der Waals surface area contributed by atoms with Gasteiger partial charge in [0.1, 0.15) is 0 Å². The molecule has 7 heteroatoms. The van der Waals surface area contributed by atoms with E-state index in [1.165, 1.54) is 0 Å². The van der Waals surface area contributed by atoms with Crippen LogP contribution in [0, 0.1) is 0 Å². The molecule has 2 N–H and O–H groups in total. The summed E-state index contributed by atoms with van der Waals surface area (Å²) in [6.07, 6.45) is 1.79. The minimum absolute atomic E-state index is 0. The molecule has 0 atom stereocenters. The van der Waals surface area contributed by atoms with E-state index in [1.54, 1.807) is 18.3 Å². The smallest absolute Gasteiger partial charge is 0.213 e. The molecule has 0 aromatic carbocycles. The van der Waals surface area contributed by atoms with Gasteiger partial charge in [-0.1, -0.05) is 0 Å². The summed E-state index contributed by atoms with van der Waals surface area (Å²) in [7, 11) is -1.36. The van der Waals surface area contributed by atoms with Gasteiger partial charge in [0.15, 0.2) is 0 Å². The van der Waals surface area contributed by atoms with Gasteiger partial charge in [0, 0.05) is 25.2 Å². The second-order valence-corrected chi connectivity index (χ2v) is 8.23. The molecule has 1 heterocycles. The number of likely N-dealkylation sites (tertiary alicyclic amines) is 1. The van der Waals surface area contributed by atoms with Crippen molar-refractivity contribution in [2.24, 2.45) is 5.73 Å². The van der Waals surface area contributed by atoms with Gasteiger partial charge in [0.25, 0.3) is 0 Å². The maximum absolute atomic E-state index is 11.8. The Bertz CT molecular complexity index is 360. The average molecular weight is 314 g/mol. The van der Waals surface area contributed by atoms with Crippen molar-refractivity contribution >= 4 is 22.4 Å². The fourth-order valence-electron chi connectivity index (χ4n) is 2.45. The molecule has 0 aromatic heterocycles. The topological polar surface area (TPSA) is 66.6 Å². The molecule has 0 saturated carbocycles. The molecule has 0 radical (unpaired) electrons. The van der Waals surface area contributed by atoms with E-state index in [9.17, 15) is 8.42 Å². The first kappa shape index (κ1) is 19.1. The minimum atomic E-state index is -3.06. The predicted molar refractivity (Wildman–Crippen MR) is 82.2 cm³/mol. The molecule has 116 valence electrons. The summed E-state index contributed by atoms with van der Waals surface area (Å²) in [5, 5.41) is 0. The van der Waals surface area contributed by atoms with Crippen molar-refractivity contribution in [3.63, 3.8) is 0 Å². The maximum atomic E-state index is 11.8. The first-order valence-electron chi connectivity index (χ1n) is 6.62. The van der Waals surface area contributed by atoms with E-state index in [0.717, 1.165) is 32.5 Å². The van der Waals surface area contributed by atoms with Crippen molar-refractivity contribution in [1.82, 2.24) is 9.21 Å². The van der Waals surface area contributed by atoms with Gasteiger partial charge in [0.05, 0.1) is 5.75 Å². The molecule has 0 amide bonds. The number of rotatable bonds is 5. The zero-order valence-electron chi connectivity index (χ0n) is 12.4. The molecule has 0 unspecified atom stereocenters. The van der Waals surface area contributed by atoms with E-state index < -0.39 is 10.0 Å². The van der Waals surface area contributed by atoms with Crippen LogP contribution in [0.4, 0.5) is 0 Å². The summed E-state index contributed by atoms with van der Waals surface area (Å²) < 4.78 is 25.2. The van der Waals surface area contributed by atoms with Gasteiger partial charge < -0.3 is 10.6 Å². The lowest BCUT2D eigenvalue weighted by molar-refractivity contribution is 0.148. The van der Waals surface area contributed by atoms with Gasteiger partial charge in [-0.15, -0.1) is 12.4 Å². The third-order valence-corrected chi connectivity index (χ3v) is 5.41. The van der Waals surface area contributed by atoms with Gasteiger partial charge in [-0.25, -0.2) is 12.7 Å². The molecular weight excluding hydrogens is 286 g/mol. The van der Waals surface area contributed by atoms with Crippen molar-refractivity contribution in [2.75, 3.05) is 32.4 Å². The second kappa shape index (κ2) is 7.22. The summed E-state index contributed by atoms with van der Waals surface area (Å²) in [6, 6.07) is 0.145. The van der Waals surface area contributed by atoms with Crippen molar-refractivity contribution in [3.8, 4) is 0 Å². The molecule has 1 aliphatic rings. The molecule has 0 aromatic rings. The molecule has 19 heavy (non-hydrogen) atoms. The fraction of sp³-hybridized carbons (Fsp3) is 1.00. The molecule has 1 rings (SSSR count). The molecule has 5 nitrogen and oxygen atoms in total. The van der Waals surface area contributed by atoms with Crippen LogP contribution in [-0.4, -0.2) is 61.6 Å². The van der Waals surface area contributed by atoms with Crippen LogP contribution in [-0.2, 0) is 10.0 Å². The van der Waals surface area contributed by atoms with Gasteiger partial charge in [-0.3, -0.25) is 0 Å². The van der Waals surface area contributed by atoms with Crippen LogP contribution in [0.25, 0.3) is 0 Å². The minimum Gasteiger partial charge on any atom is -0.324 e. The van der Waals surface area contributed by atoms with Crippen molar-refractivity contribution in [3.05, 3.63) is 0 Å². The van der Waals surface area contributed by atoms with E-state index in [0.29, 0.717) is 0 Å². The van der Waals surface area contributed by atoms with Crippen molar-refractivity contribution in [1.29, 1.82) is 0 Å². The summed E-state index contributed by atoms with van der Waals surface area (Å²) in [5.74, 6) is 0.180. The van der Waals surface area contributed by atoms with Gasteiger partial charge in [0.2, 0.25) is 10.0 Å². The van der Waals surface area contributed by atoms with Crippen molar-refractivity contribution in [2.45, 2.75) is 45.2 Å². The summed E-state index contributed by atoms with van der Waals surface area (Å²) in [6.45, 7) is 8.45. The van der Waals surface area contributed by atoms with E-state index in [2.05, 4.69) is 4.90 Å². The van der Waals surface area contributed by atoms with Crippen LogP contribution >= 0.6 is 12.4 Å². The Morgan fingerprint density at radius 2 is 1.79 bits per heavy atom. The lowest BCUT2D eigenvalue weighted by Crippen LogP contribution is -2.51. The summed E-state index contributed by atoms with van der Waals surface area (Å²) >= 11 is 0. The Kier molecular flexibility index (Phi) is 7.27. The third-order valence-electron chi connectivity index (χ3n) is 3.51. The number of sulfonamides is 1. The number of nitrogens with zero attached hydrogens (tertiary/aromatic N) is 2. The summed E-state index contributed by atoms with van der Waals surface area (Å²) in [4.78, 5) is 2.32. The van der Waals surface area contributed by atoms with Gasteiger partial charge in [-0.2, -0.15) is 0 Å². The lowest BCUT2D eigenvalue weighted by atomic mass is 10.0. The quantitative estimate of drug-likeness (QED) is 0.818. The normalized spacial score (nSPS) is 19.5. The molecule has 0 aliphatic carbocycles. The van der Waals surface area contributed by atoms with Gasteiger partial charge >= 0.3 is 0 Å². The number of nitrogens with two attached hydrogens (primary N) is 1. The maximum Gasteiger partial charge on any atom is 0.213 e. The summed E-state index contributed by atoms with van der Waals surface area (Å²) in [5.41, 5.74) is 5.82. The monoisotopic (exact) mass is 313 g/mol. The Balaban J connectivity index is 0.00000324. The Hall–Kier alpha value is 0.120. The standard InChI is InChI=1S/C12H27N3O2S.ClH/c1-5-18(16,17)14(4)11-6-8-15(9-7-11)10-12(2,3)13;/h11H,5-10,13H2,1-4H3;1H. The van der Waals surface area contributed by atoms with E-state index >= 15 is 0 Å². The SMILES string of the molecule is CCS(=O)(=O)N(C)C1CCN(CC(C)(C)N)CC1.Cl. The van der Waals surface area contributed by atoms with Crippen LogP contribution in [0.1, 0.15) is 33.6 Å². The van der Waals surface area contributed by atoms with Crippen molar-refractivity contribution < 1.29 is 8.42 Å². The highest BCUT2D eigenvalue weighted by Crippen LogP contribution is 2.19. The number of hydrogen-bond acceptors (Lipinski definition) is 4. The Morgan fingerprint density at radius 1 is 1.32 bits per heavy atom. The first-order valence-corrected chi connectivity index (χ1v) is 8.23. The highest BCUT2D eigenvalue weighted by atomic mass is 35.5. The Labute approximate surface area is 124 Å². The molecule has 1 aliphatic heterocycles. The lowest BCUT2D eigenvalue weighted by Gasteiger charge is -2.38. The highest BCUT2D eigenvalue weighted by molar-refractivity contribution is 7.89. The second-order valence-electron chi connectivity index (χ2n) is 5.91. The van der Waals surface area contributed by atoms with E-state index in [1.807, 2.05) is 13.8 Å². The zero-order valence-corrected chi connectivity index (χ0v) is 14.1.